The van der Waals surface area contributed by atoms with E-state index in [9.17, 15) is 0 Å². The topological polar surface area (TPSA) is 35.2 Å². The molecule has 0 aromatic heterocycles. The van der Waals surface area contributed by atoms with Gasteiger partial charge >= 0.3 is 0 Å². The van der Waals surface area contributed by atoms with Crippen molar-refractivity contribution in [2.45, 2.75) is 52.7 Å². The average Bonchev–Trinajstić information content (AvgIpc) is 2.28. The molecule has 2 N–H and O–H groups in total. The summed E-state index contributed by atoms with van der Waals surface area (Å²) >= 11 is 0. The van der Waals surface area contributed by atoms with E-state index in [1.165, 1.54) is 5.56 Å². The highest BCUT2D eigenvalue weighted by Crippen LogP contribution is 2.20. The van der Waals surface area contributed by atoms with E-state index in [0.717, 1.165) is 18.6 Å². The van der Waals surface area contributed by atoms with Gasteiger partial charge in [-0.25, -0.2) is 0 Å². The van der Waals surface area contributed by atoms with Gasteiger partial charge in [0, 0.05) is 6.04 Å². The minimum absolute atomic E-state index is 0.136. The molecule has 1 rings (SSSR count). The van der Waals surface area contributed by atoms with Crippen molar-refractivity contribution in [3.05, 3.63) is 29.8 Å². The summed E-state index contributed by atoms with van der Waals surface area (Å²) in [6.45, 7) is 8.64. The monoisotopic (exact) mass is 235 g/mol. The van der Waals surface area contributed by atoms with Crippen LogP contribution in [-0.2, 0) is 0 Å². The zero-order chi connectivity index (χ0) is 12.8. The third-order valence-corrected chi connectivity index (χ3v) is 2.89. The van der Waals surface area contributed by atoms with Gasteiger partial charge in [0.25, 0.3) is 0 Å². The number of nitrogens with two attached hydrogens (primary N) is 1. The summed E-state index contributed by atoms with van der Waals surface area (Å²) in [5.74, 6) is 1.60. The summed E-state index contributed by atoms with van der Waals surface area (Å²) in [6.07, 6.45) is 2.31. The van der Waals surface area contributed by atoms with Crippen LogP contribution in [0.25, 0.3) is 0 Å². The predicted molar refractivity (Wildman–Crippen MR) is 73.2 cm³/mol. The quantitative estimate of drug-likeness (QED) is 0.811. The maximum absolute atomic E-state index is 5.97. The SMILES string of the molecule is CC[C@@H](N)c1ccc(OC(C)CC(C)C)cc1. The fourth-order valence-corrected chi connectivity index (χ4v) is 1.97. The van der Waals surface area contributed by atoms with Gasteiger partial charge in [0.2, 0.25) is 0 Å². The second-order valence-electron chi connectivity index (χ2n) is 5.14. The highest BCUT2D eigenvalue weighted by Gasteiger charge is 2.07. The van der Waals surface area contributed by atoms with Gasteiger partial charge in [0.1, 0.15) is 5.75 Å². The van der Waals surface area contributed by atoms with Crippen LogP contribution in [0.15, 0.2) is 24.3 Å². The first kappa shape index (κ1) is 14.0. The Morgan fingerprint density at radius 3 is 2.18 bits per heavy atom. The Morgan fingerprint density at radius 2 is 1.71 bits per heavy atom. The first-order valence-electron chi connectivity index (χ1n) is 6.55. The molecule has 1 unspecified atom stereocenters. The Hall–Kier alpha value is -1.02. The normalized spacial score (nSPS) is 14.7. The van der Waals surface area contributed by atoms with Crippen LogP contribution >= 0.6 is 0 Å². The van der Waals surface area contributed by atoms with Crippen molar-refractivity contribution in [2.24, 2.45) is 11.7 Å². The van der Waals surface area contributed by atoms with E-state index < -0.39 is 0 Å². The van der Waals surface area contributed by atoms with Gasteiger partial charge in [-0.3, -0.25) is 0 Å². The largest absolute Gasteiger partial charge is 0.491 e. The molecule has 1 aromatic rings. The fourth-order valence-electron chi connectivity index (χ4n) is 1.97. The van der Waals surface area contributed by atoms with Crippen LogP contribution < -0.4 is 10.5 Å². The number of benzene rings is 1. The minimum Gasteiger partial charge on any atom is -0.491 e. The summed E-state index contributed by atoms with van der Waals surface area (Å²) in [5, 5.41) is 0. The molecule has 1 aromatic carbocycles. The van der Waals surface area contributed by atoms with Crippen molar-refractivity contribution in [3.8, 4) is 5.75 Å². The second-order valence-corrected chi connectivity index (χ2v) is 5.14. The lowest BCUT2D eigenvalue weighted by molar-refractivity contribution is 0.193. The average molecular weight is 235 g/mol. The molecule has 0 spiro atoms. The lowest BCUT2D eigenvalue weighted by Crippen LogP contribution is -2.14. The highest BCUT2D eigenvalue weighted by molar-refractivity contribution is 5.29. The van der Waals surface area contributed by atoms with Crippen molar-refractivity contribution in [1.82, 2.24) is 0 Å². The first-order chi connectivity index (χ1) is 8.02. The van der Waals surface area contributed by atoms with Crippen molar-refractivity contribution in [1.29, 1.82) is 0 Å². The number of rotatable bonds is 6. The third-order valence-electron chi connectivity index (χ3n) is 2.89. The molecule has 0 amide bonds. The van der Waals surface area contributed by atoms with Crippen molar-refractivity contribution >= 4 is 0 Å². The molecule has 0 aliphatic heterocycles. The number of hydrogen-bond donors (Lipinski definition) is 1. The molecule has 0 saturated heterocycles. The van der Waals surface area contributed by atoms with Gasteiger partial charge < -0.3 is 10.5 Å². The minimum atomic E-state index is 0.136. The Bertz CT molecular complexity index is 318. The maximum atomic E-state index is 5.97. The Balaban J connectivity index is 2.56. The molecule has 0 saturated carbocycles. The molecule has 2 nitrogen and oxygen atoms in total. The summed E-state index contributed by atoms with van der Waals surface area (Å²) in [7, 11) is 0. The molecule has 0 bridgehead atoms. The van der Waals surface area contributed by atoms with E-state index in [2.05, 4.69) is 39.8 Å². The molecular weight excluding hydrogens is 210 g/mol. The summed E-state index contributed by atoms with van der Waals surface area (Å²) in [6, 6.07) is 8.29. The fraction of sp³-hybridized carbons (Fsp3) is 0.600. The second kappa shape index (κ2) is 6.65. The van der Waals surface area contributed by atoms with Crippen molar-refractivity contribution < 1.29 is 4.74 Å². The smallest absolute Gasteiger partial charge is 0.119 e. The molecule has 0 heterocycles. The van der Waals surface area contributed by atoms with Crippen LogP contribution in [0.1, 0.15) is 52.1 Å². The molecule has 96 valence electrons. The summed E-state index contributed by atoms with van der Waals surface area (Å²) < 4.78 is 5.85. The van der Waals surface area contributed by atoms with Crippen LogP contribution in [0.2, 0.25) is 0 Å². The summed E-state index contributed by atoms with van der Waals surface area (Å²) in [4.78, 5) is 0. The Labute approximate surface area is 105 Å². The Kier molecular flexibility index (Phi) is 5.49. The van der Waals surface area contributed by atoms with E-state index >= 15 is 0 Å². The van der Waals surface area contributed by atoms with Crippen LogP contribution in [0.4, 0.5) is 0 Å². The molecule has 17 heavy (non-hydrogen) atoms. The van der Waals surface area contributed by atoms with Gasteiger partial charge in [0.15, 0.2) is 0 Å². The molecule has 0 radical (unpaired) electrons. The molecule has 0 aliphatic carbocycles. The molecule has 0 fully saturated rings. The van der Waals surface area contributed by atoms with Crippen LogP contribution in [0.5, 0.6) is 5.75 Å². The van der Waals surface area contributed by atoms with Gasteiger partial charge in [-0.2, -0.15) is 0 Å². The van der Waals surface area contributed by atoms with Crippen LogP contribution in [0.3, 0.4) is 0 Å². The molecular formula is C15H25NO. The zero-order valence-corrected chi connectivity index (χ0v) is 11.4. The maximum Gasteiger partial charge on any atom is 0.119 e. The third kappa shape index (κ3) is 4.78. The van der Waals surface area contributed by atoms with E-state index in [0.29, 0.717) is 5.92 Å². The molecule has 2 atom stereocenters. The van der Waals surface area contributed by atoms with Crippen molar-refractivity contribution in [3.63, 3.8) is 0 Å². The van der Waals surface area contributed by atoms with Gasteiger partial charge in [0.05, 0.1) is 6.10 Å². The van der Waals surface area contributed by atoms with Crippen molar-refractivity contribution in [2.75, 3.05) is 0 Å². The highest BCUT2D eigenvalue weighted by atomic mass is 16.5. The lowest BCUT2D eigenvalue weighted by atomic mass is 10.1. The van der Waals surface area contributed by atoms with E-state index in [-0.39, 0.29) is 12.1 Å². The van der Waals surface area contributed by atoms with E-state index in [4.69, 9.17) is 10.5 Å². The van der Waals surface area contributed by atoms with Gasteiger partial charge in [-0.15, -0.1) is 0 Å². The standard InChI is InChI=1S/C15H25NO/c1-5-15(16)13-6-8-14(9-7-13)17-12(4)10-11(2)3/h6-9,11-12,15H,5,10,16H2,1-4H3/t12?,15-/m1/s1. The van der Waals surface area contributed by atoms with Gasteiger partial charge in [-0.05, 0) is 43.4 Å². The molecule has 0 aliphatic rings. The van der Waals surface area contributed by atoms with Crippen LogP contribution in [-0.4, -0.2) is 6.10 Å². The zero-order valence-electron chi connectivity index (χ0n) is 11.4. The predicted octanol–water partition coefficient (Wildman–Crippen LogP) is 3.91. The number of hydrogen-bond acceptors (Lipinski definition) is 2. The number of ether oxygens (including phenoxy) is 1. The Morgan fingerprint density at radius 1 is 1.12 bits per heavy atom. The van der Waals surface area contributed by atoms with E-state index in [1.54, 1.807) is 0 Å². The first-order valence-corrected chi connectivity index (χ1v) is 6.55. The molecule has 2 heteroatoms. The summed E-state index contributed by atoms with van der Waals surface area (Å²) in [5.41, 5.74) is 7.15. The van der Waals surface area contributed by atoms with E-state index in [1.807, 2.05) is 12.1 Å². The van der Waals surface area contributed by atoms with Crippen LogP contribution in [0, 0.1) is 5.92 Å². The van der Waals surface area contributed by atoms with Gasteiger partial charge in [-0.1, -0.05) is 32.9 Å². The lowest BCUT2D eigenvalue weighted by Gasteiger charge is -2.17.